The van der Waals surface area contributed by atoms with Crippen LogP contribution in [0.15, 0.2) is 29.3 Å². The molecule has 0 radical (unpaired) electrons. The van der Waals surface area contributed by atoms with Crippen molar-refractivity contribution < 1.29 is 0 Å². The largest absolute Gasteiger partial charge is 0.399 e. The van der Waals surface area contributed by atoms with Gasteiger partial charge in [-0.1, -0.05) is 12.1 Å². The third-order valence-electron chi connectivity index (χ3n) is 3.09. The van der Waals surface area contributed by atoms with Crippen molar-refractivity contribution in [3.05, 3.63) is 41.5 Å². The Hall–Kier alpha value is -2.76. The minimum absolute atomic E-state index is 0.486. The average molecular weight is 296 g/mol. The van der Waals surface area contributed by atoms with Gasteiger partial charge in [0.05, 0.1) is 0 Å². The molecular formula is C16H20N6. The third kappa shape index (κ3) is 3.66. The summed E-state index contributed by atoms with van der Waals surface area (Å²) >= 11 is 0. The van der Waals surface area contributed by atoms with Gasteiger partial charge >= 0.3 is 0 Å². The number of hydrogen-bond donors (Lipinski definition) is 2. The molecule has 1 aromatic heterocycles. The van der Waals surface area contributed by atoms with Gasteiger partial charge in [0.25, 0.3) is 0 Å². The summed E-state index contributed by atoms with van der Waals surface area (Å²) in [4.78, 5) is 17.2. The smallest absolute Gasteiger partial charge is 0.231 e. The SMILES string of the molecule is C/C=C(\C=N/C)c1nc(C)nc(Nc2cc(N)ccc2C)n1. The van der Waals surface area contributed by atoms with E-state index >= 15 is 0 Å². The molecule has 6 heteroatoms. The maximum atomic E-state index is 5.83. The fraction of sp³-hybridized carbons (Fsp3) is 0.250. The van der Waals surface area contributed by atoms with Gasteiger partial charge in [-0.25, -0.2) is 4.98 Å². The summed E-state index contributed by atoms with van der Waals surface area (Å²) in [6.07, 6.45) is 3.64. The Morgan fingerprint density at radius 1 is 1.23 bits per heavy atom. The van der Waals surface area contributed by atoms with Crippen LogP contribution in [0.5, 0.6) is 0 Å². The number of nitrogens with two attached hydrogens (primary N) is 1. The summed E-state index contributed by atoms with van der Waals surface area (Å²) in [6.45, 7) is 5.75. The number of aliphatic imine (C=N–C) groups is 1. The van der Waals surface area contributed by atoms with E-state index in [1.54, 1.807) is 13.3 Å². The molecule has 0 unspecified atom stereocenters. The molecule has 0 atom stereocenters. The number of nitrogens with one attached hydrogen (secondary N) is 1. The van der Waals surface area contributed by atoms with Gasteiger partial charge in [0.2, 0.25) is 5.95 Å². The Bertz CT molecular complexity index is 733. The summed E-state index contributed by atoms with van der Waals surface area (Å²) < 4.78 is 0. The van der Waals surface area contributed by atoms with Crippen LogP contribution in [0.3, 0.4) is 0 Å². The van der Waals surface area contributed by atoms with Crippen molar-refractivity contribution in [1.82, 2.24) is 15.0 Å². The number of nitrogen functional groups attached to an aromatic ring is 1. The van der Waals surface area contributed by atoms with E-state index in [1.165, 1.54) is 0 Å². The lowest BCUT2D eigenvalue weighted by molar-refractivity contribution is 0.963. The van der Waals surface area contributed by atoms with Gasteiger partial charge in [0.1, 0.15) is 5.82 Å². The molecule has 3 N–H and O–H groups in total. The lowest BCUT2D eigenvalue weighted by Gasteiger charge is -2.10. The van der Waals surface area contributed by atoms with Gasteiger partial charge < -0.3 is 11.1 Å². The number of aromatic nitrogens is 3. The average Bonchev–Trinajstić information content (AvgIpc) is 2.48. The van der Waals surface area contributed by atoms with Crippen molar-refractivity contribution in [1.29, 1.82) is 0 Å². The molecule has 1 heterocycles. The summed E-state index contributed by atoms with van der Waals surface area (Å²) in [6, 6.07) is 5.67. The van der Waals surface area contributed by atoms with Gasteiger partial charge in [-0.05, 0) is 38.5 Å². The predicted molar refractivity (Wildman–Crippen MR) is 91.5 cm³/mol. The van der Waals surface area contributed by atoms with E-state index in [2.05, 4.69) is 25.3 Å². The molecule has 0 saturated heterocycles. The number of benzene rings is 1. The molecule has 0 spiro atoms. The Morgan fingerprint density at radius 2 is 2.00 bits per heavy atom. The van der Waals surface area contributed by atoms with Gasteiger partial charge in [-0.3, -0.25) is 4.99 Å². The third-order valence-corrected chi connectivity index (χ3v) is 3.09. The van der Waals surface area contributed by atoms with Gasteiger partial charge in [0, 0.05) is 30.2 Å². The minimum atomic E-state index is 0.486. The molecule has 0 aliphatic heterocycles. The van der Waals surface area contributed by atoms with E-state index < -0.39 is 0 Å². The van der Waals surface area contributed by atoms with Gasteiger partial charge in [0.15, 0.2) is 5.82 Å². The molecule has 1 aromatic carbocycles. The highest BCUT2D eigenvalue weighted by atomic mass is 15.2. The first kappa shape index (κ1) is 15.6. The van der Waals surface area contributed by atoms with Crippen LogP contribution in [0.2, 0.25) is 0 Å². The van der Waals surface area contributed by atoms with Crippen molar-refractivity contribution in [3.8, 4) is 0 Å². The van der Waals surface area contributed by atoms with Crippen LogP contribution >= 0.6 is 0 Å². The van der Waals surface area contributed by atoms with Crippen LogP contribution < -0.4 is 11.1 Å². The molecule has 6 nitrogen and oxygen atoms in total. The monoisotopic (exact) mass is 296 g/mol. The number of allylic oxidation sites excluding steroid dienone is 2. The van der Waals surface area contributed by atoms with E-state index in [-0.39, 0.29) is 0 Å². The molecule has 0 fully saturated rings. The summed E-state index contributed by atoms with van der Waals surface area (Å²) in [5.74, 6) is 1.71. The van der Waals surface area contributed by atoms with Gasteiger partial charge in [-0.15, -0.1) is 0 Å². The zero-order chi connectivity index (χ0) is 16.1. The van der Waals surface area contributed by atoms with Crippen molar-refractivity contribution in [2.45, 2.75) is 20.8 Å². The molecule has 0 amide bonds. The number of anilines is 3. The van der Waals surface area contributed by atoms with Crippen LogP contribution in [0.25, 0.3) is 5.57 Å². The molecule has 2 rings (SSSR count). The van der Waals surface area contributed by atoms with Gasteiger partial charge in [-0.2, -0.15) is 9.97 Å². The van der Waals surface area contributed by atoms with Crippen LogP contribution in [0.4, 0.5) is 17.3 Å². The highest BCUT2D eigenvalue weighted by Gasteiger charge is 2.08. The second-order valence-corrected chi connectivity index (χ2v) is 4.86. The quantitative estimate of drug-likeness (QED) is 0.669. The Balaban J connectivity index is 2.40. The molecule has 0 aliphatic carbocycles. The second kappa shape index (κ2) is 6.80. The Labute approximate surface area is 130 Å². The number of rotatable bonds is 4. The van der Waals surface area contributed by atoms with Crippen LogP contribution in [0.1, 0.15) is 24.1 Å². The molecule has 0 saturated carbocycles. The Morgan fingerprint density at radius 3 is 2.68 bits per heavy atom. The first-order chi connectivity index (χ1) is 10.5. The molecule has 0 aliphatic rings. The van der Waals surface area contributed by atoms with Crippen molar-refractivity contribution in [2.75, 3.05) is 18.1 Å². The maximum Gasteiger partial charge on any atom is 0.231 e. The van der Waals surface area contributed by atoms with Crippen molar-refractivity contribution >= 4 is 29.1 Å². The van der Waals surface area contributed by atoms with E-state index in [0.29, 0.717) is 23.3 Å². The maximum absolute atomic E-state index is 5.83. The zero-order valence-electron chi connectivity index (χ0n) is 13.3. The van der Waals surface area contributed by atoms with Crippen LogP contribution in [0, 0.1) is 13.8 Å². The normalized spacial score (nSPS) is 11.9. The highest BCUT2D eigenvalue weighted by molar-refractivity contribution is 6.08. The first-order valence-corrected chi connectivity index (χ1v) is 6.98. The van der Waals surface area contributed by atoms with Crippen molar-refractivity contribution in [2.24, 2.45) is 4.99 Å². The molecule has 114 valence electrons. The van der Waals surface area contributed by atoms with E-state index in [1.807, 2.05) is 45.0 Å². The lowest BCUT2D eigenvalue weighted by Crippen LogP contribution is -2.06. The molecule has 0 bridgehead atoms. The number of nitrogens with zero attached hydrogens (tertiary/aromatic N) is 4. The standard InChI is InChI=1S/C16H20N6/c1-5-12(9-18-4)15-19-11(3)20-16(22-15)21-14-8-13(17)7-6-10(14)2/h5-9H,17H2,1-4H3,(H,19,20,21,22)/b12-5+,18-9-. The fourth-order valence-electron chi connectivity index (χ4n) is 1.96. The summed E-state index contributed by atoms with van der Waals surface area (Å²) in [5.41, 5.74) is 9.31. The lowest BCUT2D eigenvalue weighted by atomic mass is 10.2. The zero-order valence-corrected chi connectivity index (χ0v) is 13.3. The van der Waals surface area contributed by atoms with E-state index in [0.717, 1.165) is 16.8 Å². The molecular weight excluding hydrogens is 276 g/mol. The van der Waals surface area contributed by atoms with Crippen LogP contribution in [-0.4, -0.2) is 28.2 Å². The minimum Gasteiger partial charge on any atom is -0.399 e. The van der Waals surface area contributed by atoms with E-state index in [4.69, 9.17) is 5.73 Å². The molecule has 22 heavy (non-hydrogen) atoms. The number of aryl methyl sites for hydroxylation is 2. The van der Waals surface area contributed by atoms with Crippen molar-refractivity contribution in [3.63, 3.8) is 0 Å². The topological polar surface area (TPSA) is 89.1 Å². The summed E-state index contributed by atoms with van der Waals surface area (Å²) in [5, 5.41) is 3.20. The number of hydrogen-bond acceptors (Lipinski definition) is 6. The van der Waals surface area contributed by atoms with Crippen LogP contribution in [-0.2, 0) is 0 Å². The highest BCUT2D eigenvalue weighted by Crippen LogP contribution is 2.21. The summed E-state index contributed by atoms with van der Waals surface area (Å²) in [7, 11) is 1.72. The first-order valence-electron chi connectivity index (χ1n) is 6.98. The van der Waals surface area contributed by atoms with E-state index in [9.17, 15) is 0 Å². The molecule has 2 aromatic rings. The fourth-order valence-corrected chi connectivity index (χ4v) is 1.96. The Kier molecular flexibility index (Phi) is 4.83. The second-order valence-electron chi connectivity index (χ2n) is 4.86. The predicted octanol–water partition coefficient (Wildman–Crippen LogP) is 2.92.